The third-order valence-corrected chi connectivity index (χ3v) is 7.54. The van der Waals surface area contributed by atoms with Gasteiger partial charge in [-0.05, 0) is 31.9 Å². The highest BCUT2D eigenvalue weighted by Gasteiger charge is 2.35. The van der Waals surface area contributed by atoms with E-state index in [9.17, 15) is 0 Å². The highest BCUT2D eigenvalue weighted by Crippen LogP contribution is 2.23. The molecule has 0 saturated carbocycles. The van der Waals surface area contributed by atoms with Crippen LogP contribution in [0.4, 0.5) is 0 Å². The zero-order valence-electron chi connectivity index (χ0n) is 14.0. The van der Waals surface area contributed by atoms with Crippen molar-refractivity contribution in [3.05, 3.63) is 0 Å². The van der Waals surface area contributed by atoms with Gasteiger partial charge in [0.1, 0.15) is 0 Å². The van der Waals surface area contributed by atoms with Crippen LogP contribution in [-0.2, 0) is 8.85 Å². The lowest BCUT2D eigenvalue weighted by Crippen LogP contribution is -2.43. The standard InChI is InChI=1S/C16H36O2Si/c1-6-10-12-14-16(5)18-19(8-3,9-4)17-15-13-11-7-2/h16H,6-15H2,1-5H3. The second kappa shape index (κ2) is 11.9. The molecular weight excluding hydrogens is 252 g/mol. The van der Waals surface area contributed by atoms with Crippen molar-refractivity contribution in [2.24, 2.45) is 0 Å². The van der Waals surface area contributed by atoms with Crippen molar-refractivity contribution in [2.75, 3.05) is 6.61 Å². The maximum atomic E-state index is 6.38. The Hall–Kier alpha value is 0.137. The van der Waals surface area contributed by atoms with E-state index < -0.39 is 8.56 Å². The third-order valence-electron chi connectivity index (χ3n) is 3.82. The van der Waals surface area contributed by atoms with E-state index in [4.69, 9.17) is 8.85 Å². The van der Waals surface area contributed by atoms with Crippen LogP contribution in [-0.4, -0.2) is 21.3 Å². The Labute approximate surface area is 122 Å². The first-order valence-electron chi connectivity index (χ1n) is 8.45. The molecule has 0 N–H and O–H groups in total. The molecule has 19 heavy (non-hydrogen) atoms. The summed E-state index contributed by atoms with van der Waals surface area (Å²) in [6.07, 6.45) is 9.13. The van der Waals surface area contributed by atoms with Crippen LogP contribution in [0.5, 0.6) is 0 Å². The molecule has 0 aromatic heterocycles. The average Bonchev–Trinajstić information content (AvgIpc) is 2.42. The summed E-state index contributed by atoms with van der Waals surface area (Å²) in [6.45, 7) is 12.1. The van der Waals surface area contributed by atoms with Gasteiger partial charge >= 0.3 is 8.56 Å². The molecule has 0 aromatic carbocycles. The van der Waals surface area contributed by atoms with Gasteiger partial charge in [-0.15, -0.1) is 0 Å². The summed E-state index contributed by atoms with van der Waals surface area (Å²) in [4.78, 5) is 0. The fourth-order valence-electron chi connectivity index (χ4n) is 2.37. The fourth-order valence-corrected chi connectivity index (χ4v) is 5.05. The van der Waals surface area contributed by atoms with Crippen molar-refractivity contribution in [3.8, 4) is 0 Å². The van der Waals surface area contributed by atoms with E-state index in [1.54, 1.807) is 0 Å². The van der Waals surface area contributed by atoms with Crippen LogP contribution in [0.3, 0.4) is 0 Å². The van der Waals surface area contributed by atoms with Crippen molar-refractivity contribution in [1.82, 2.24) is 0 Å². The summed E-state index contributed by atoms with van der Waals surface area (Å²) in [5.74, 6) is 0. The van der Waals surface area contributed by atoms with Crippen LogP contribution in [0.1, 0.15) is 79.6 Å². The molecule has 3 heteroatoms. The molecule has 0 aliphatic heterocycles. The minimum atomic E-state index is -1.92. The van der Waals surface area contributed by atoms with Gasteiger partial charge in [-0.3, -0.25) is 0 Å². The maximum absolute atomic E-state index is 6.38. The summed E-state index contributed by atoms with van der Waals surface area (Å²) in [5.41, 5.74) is 0. The first-order valence-corrected chi connectivity index (χ1v) is 10.7. The Kier molecular flexibility index (Phi) is 12.0. The predicted octanol–water partition coefficient (Wildman–Crippen LogP) is 5.66. The summed E-state index contributed by atoms with van der Waals surface area (Å²) in [7, 11) is -1.92. The molecule has 1 atom stereocenters. The molecule has 0 rings (SSSR count). The summed E-state index contributed by atoms with van der Waals surface area (Å²) in [6, 6.07) is 2.15. The highest BCUT2D eigenvalue weighted by molar-refractivity contribution is 6.67. The zero-order valence-corrected chi connectivity index (χ0v) is 15.0. The number of rotatable bonds is 13. The molecule has 1 unspecified atom stereocenters. The van der Waals surface area contributed by atoms with E-state index in [1.165, 1.54) is 44.9 Å². The monoisotopic (exact) mass is 288 g/mol. The van der Waals surface area contributed by atoms with Gasteiger partial charge in [0.15, 0.2) is 0 Å². The molecule has 0 heterocycles. The van der Waals surface area contributed by atoms with E-state index in [0.29, 0.717) is 6.10 Å². The molecule has 0 saturated heterocycles. The van der Waals surface area contributed by atoms with Gasteiger partial charge < -0.3 is 8.85 Å². The van der Waals surface area contributed by atoms with Gasteiger partial charge in [-0.25, -0.2) is 0 Å². The minimum Gasteiger partial charge on any atom is -0.394 e. The van der Waals surface area contributed by atoms with Crippen LogP contribution in [0.15, 0.2) is 0 Å². The zero-order chi connectivity index (χ0) is 14.6. The normalized spacial score (nSPS) is 13.7. The molecule has 116 valence electrons. The molecule has 0 bridgehead atoms. The van der Waals surface area contributed by atoms with Gasteiger partial charge in [0.2, 0.25) is 0 Å². The van der Waals surface area contributed by atoms with E-state index in [-0.39, 0.29) is 0 Å². The van der Waals surface area contributed by atoms with Gasteiger partial charge in [0.05, 0.1) is 0 Å². The van der Waals surface area contributed by atoms with Crippen molar-refractivity contribution in [1.29, 1.82) is 0 Å². The Balaban J connectivity index is 4.12. The number of hydrogen-bond acceptors (Lipinski definition) is 2. The van der Waals surface area contributed by atoms with Crippen LogP contribution in [0.2, 0.25) is 12.1 Å². The SMILES string of the molecule is CCCCCO[Si](CC)(CC)OC(C)CCCCC. The molecule has 0 aromatic rings. The lowest BCUT2D eigenvalue weighted by molar-refractivity contribution is 0.114. The molecule has 0 fully saturated rings. The number of unbranched alkanes of at least 4 members (excludes halogenated alkanes) is 4. The summed E-state index contributed by atoms with van der Waals surface area (Å²) in [5, 5.41) is 0. The molecular formula is C16H36O2Si. The fraction of sp³-hybridized carbons (Fsp3) is 1.00. The second-order valence-electron chi connectivity index (χ2n) is 5.60. The van der Waals surface area contributed by atoms with E-state index >= 15 is 0 Å². The smallest absolute Gasteiger partial charge is 0.337 e. The van der Waals surface area contributed by atoms with E-state index in [0.717, 1.165) is 18.7 Å². The van der Waals surface area contributed by atoms with Crippen molar-refractivity contribution in [3.63, 3.8) is 0 Å². The van der Waals surface area contributed by atoms with Crippen LogP contribution in [0, 0.1) is 0 Å². The Bertz CT molecular complexity index is 193. The lowest BCUT2D eigenvalue weighted by atomic mass is 10.1. The van der Waals surface area contributed by atoms with Gasteiger partial charge in [-0.2, -0.15) is 0 Å². The highest BCUT2D eigenvalue weighted by atomic mass is 28.4. The average molecular weight is 289 g/mol. The van der Waals surface area contributed by atoms with Gasteiger partial charge in [0.25, 0.3) is 0 Å². The quantitative estimate of drug-likeness (QED) is 0.321. The predicted molar refractivity (Wildman–Crippen MR) is 86.9 cm³/mol. The van der Waals surface area contributed by atoms with Crippen LogP contribution >= 0.6 is 0 Å². The topological polar surface area (TPSA) is 18.5 Å². The van der Waals surface area contributed by atoms with Crippen molar-refractivity contribution < 1.29 is 8.85 Å². The first kappa shape index (κ1) is 19.1. The van der Waals surface area contributed by atoms with Crippen molar-refractivity contribution in [2.45, 2.75) is 97.8 Å². The lowest BCUT2D eigenvalue weighted by Gasteiger charge is -2.32. The first-order chi connectivity index (χ1) is 9.14. The van der Waals surface area contributed by atoms with Crippen molar-refractivity contribution >= 4 is 8.56 Å². The largest absolute Gasteiger partial charge is 0.394 e. The number of hydrogen-bond donors (Lipinski definition) is 0. The second-order valence-corrected chi connectivity index (χ2v) is 9.36. The molecule has 0 aliphatic rings. The summed E-state index contributed by atoms with van der Waals surface area (Å²) >= 11 is 0. The van der Waals surface area contributed by atoms with E-state index in [1.807, 2.05) is 0 Å². The molecule has 0 amide bonds. The Morgan fingerprint density at radius 3 is 1.95 bits per heavy atom. The Morgan fingerprint density at radius 2 is 1.42 bits per heavy atom. The van der Waals surface area contributed by atoms with E-state index in [2.05, 4.69) is 34.6 Å². The van der Waals surface area contributed by atoms with Crippen LogP contribution < -0.4 is 0 Å². The minimum absolute atomic E-state index is 0.365. The van der Waals surface area contributed by atoms with Gasteiger partial charge in [-0.1, -0.05) is 59.8 Å². The molecule has 0 aliphatic carbocycles. The molecule has 2 nitrogen and oxygen atoms in total. The third kappa shape index (κ3) is 8.82. The van der Waals surface area contributed by atoms with Crippen LogP contribution in [0.25, 0.3) is 0 Å². The Morgan fingerprint density at radius 1 is 0.842 bits per heavy atom. The summed E-state index contributed by atoms with van der Waals surface area (Å²) < 4.78 is 12.6. The maximum Gasteiger partial charge on any atom is 0.337 e. The van der Waals surface area contributed by atoms with Gasteiger partial charge in [0, 0.05) is 12.7 Å². The molecule has 0 radical (unpaired) electrons. The molecule has 0 spiro atoms.